The van der Waals surface area contributed by atoms with Gasteiger partial charge in [-0.1, -0.05) is 13.8 Å². The summed E-state index contributed by atoms with van der Waals surface area (Å²) in [7, 11) is 0. The molecule has 0 aliphatic carbocycles. The van der Waals surface area contributed by atoms with Crippen molar-refractivity contribution in [1.29, 1.82) is 0 Å². The number of hydrogen-bond acceptors (Lipinski definition) is 4. The molecule has 1 heterocycles. The lowest BCUT2D eigenvalue weighted by Crippen LogP contribution is -2.23. The minimum atomic E-state index is -0.634. The van der Waals surface area contributed by atoms with Crippen LogP contribution in [0.2, 0.25) is 0 Å². The second kappa shape index (κ2) is 7.74. The Kier molecular flexibility index (Phi) is 5.71. The first-order valence-electron chi connectivity index (χ1n) is 7.62. The van der Waals surface area contributed by atoms with E-state index < -0.39 is 6.10 Å². The van der Waals surface area contributed by atoms with E-state index in [0.29, 0.717) is 11.4 Å². The Bertz CT molecular complexity index is 657. The average molecular weight is 314 g/mol. The van der Waals surface area contributed by atoms with Crippen molar-refractivity contribution in [2.75, 3.05) is 5.32 Å². The van der Waals surface area contributed by atoms with E-state index in [0.717, 1.165) is 11.3 Å². The number of rotatable bonds is 6. The fraction of sp³-hybridized carbons (Fsp3) is 0.333. The van der Waals surface area contributed by atoms with E-state index >= 15 is 0 Å². The van der Waals surface area contributed by atoms with Gasteiger partial charge >= 0.3 is 0 Å². The molecule has 2 N–H and O–H groups in total. The van der Waals surface area contributed by atoms with Gasteiger partial charge in [0.1, 0.15) is 11.5 Å². The lowest BCUT2D eigenvalue weighted by Gasteiger charge is -2.15. The number of aromatic nitrogens is 1. The number of carbonyl (C=O) groups excluding carboxylic acids is 1. The van der Waals surface area contributed by atoms with Gasteiger partial charge in [0, 0.05) is 18.1 Å². The maximum absolute atomic E-state index is 11.9. The van der Waals surface area contributed by atoms with Gasteiger partial charge in [-0.05, 0) is 48.7 Å². The van der Waals surface area contributed by atoms with Crippen molar-refractivity contribution in [3.63, 3.8) is 0 Å². The number of benzene rings is 1. The Morgan fingerprint density at radius 3 is 2.57 bits per heavy atom. The maximum atomic E-state index is 11.9. The van der Waals surface area contributed by atoms with Gasteiger partial charge in [-0.25, -0.2) is 0 Å². The summed E-state index contributed by atoms with van der Waals surface area (Å²) in [5.74, 6) is 1.28. The normalized spacial score (nSPS) is 12.0. The lowest BCUT2D eigenvalue weighted by molar-refractivity contribution is -0.118. The first kappa shape index (κ1) is 17.0. The summed E-state index contributed by atoms with van der Waals surface area (Å²) in [5.41, 5.74) is 1.59. The van der Waals surface area contributed by atoms with E-state index in [4.69, 9.17) is 4.74 Å². The molecule has 5 nitrogen and oxygen atoms in total. The van der Waals surface area contributed by atoms with Gasteiger partial charge in [0.2, 0.25) is 5.91 Å². The molecule has 0 spiro atoms. The molecule has 1 unspecified atom stereocenters. The Labute approximate surface area is 136 Å². The molecule has 122 valence electrons. The van der Waals surface area contributed by atoms with Crippen molar-refractivity contribution in [3.05, 3.63) is 48.3 Å². The predicted octanol–water partition coefficient (Wildman–Crippen LogP) is 3.53. The number of nitrogens with zero attached hydrogens (tertiary/aromatic N) is 1. The maximum Gasteiger partial charge on any atom is 0.226 e. The summed E-state index contributed by atoms with van der Waals surface area (Å²) in [6, 6.07) is 8.99. The monoisotopic (exact) mass is 314 g/mol. The molecule has 1 aromatic heterocycles. The smallest absolute Gasteiger partial charge is 0.226 e. The van der Waals surface area contributed by atoms with Crippen LogP contribution in [0.1, 0.15) is 25.8 Å². The third-order valence-corrected chi connectivity index (χ3v) is 3.50. The van der Waals surface area contributed by atoms with Crippen molar-refractivity contribution in [2.45, 2.75) is 33.3 Å². The fourth-order valence-corrected chi connectivity index (χ4v) is 2.01. The van der Waals surface area contributed by atoms with E-state index in [9.17, 15) is 9.90 Å². The minimum absolute atomic E-state index is 0.0543. The molecule has 0 aliphatic rings. The summed E-state index contributed by atoms with van der Waals surface area (Å²) in [4.78, 5) is 15.8. The Morgan fingerprint density at radius 2 is 1.96 bits per heavy atom. The lowest BCUT2D eigenvalue weighted by atomic mass is 10.0. The van der Waals surface area contributed by atoms with Crippen LogP contribution in [0.4, 0.5) is 5.69 Å². The molecule has 1 amide bonds. The van der Waals surface area contributed by atoms with Gasteiger partial charge in [0.25, 0.3) is 0 Å². The third kappa shape index (κ3) is 5.07. The molecule has 0 aliphatic heterocycles. The summed E-state index contributed by atoms with van der Waals surface area (Å²) < 4.78 is 5.77. The SMILES string of the molecule is Cc1cc(NC(=O)CC(O)C(C)C)ccc1Oc1ccncc1. The zero-order chi connectivity index (χ0) is 16.8. The Morgan fingerprint density at radius 1 is 1.26 bits per heavy atom. The quantitative estimate of drug-likeness (QED) is 0.855. The molecule has 2 rings (SSSR count). The molecule has 0 saturated heterocycles. The zero-order valence-electron chi connectivity index (χ0n) is 13.6. The number of ether oxygens (including phenoxy) is 1. The van der Waals surface area contributed by atoms with Crippen molar-refractivity contribution >= 4 is 11.6 Å². The molecular formula is C18H22N2O3. The second-order valence-electron chi connectivity index (χ2n) is 5.83. The van der Waals surface area contributed by atoms with Crippen LogP contribution in [-0.2, 0) is 4.79 Å². The van der Waals surface area contributed by atoms with Crippen LogP contribution in [0.25, 0.3) is 0 Å². The highest BCUT2D eigenvalue weighted by atomic mass is 16.5. The molecular weight excluding hydrogens is 292 g/mol. The van der Waals surface area contributed by atoms with E-state index in [1.165, 1.54) is 0 Å². The summed E-state index contributed by atoms with van der Waals surface area (Å²) >= 11 is 0. The van der Waals surface area contributed by atoms with Gasteiger partial charge in [-0.3, -0.25) is 9.78 Å². The van der Waals surface area contributed by atoms with Gasteiger partial charge in [-0.2, -0.15) is 0 Å². The predicted molar refractivity (Wildman–Crippen MR) is 89.6 cm³/mol. The van der Waals surface area contributed by atoms with Crippen LogP contribution in [0.5, 0.6) is 11.5 Å². The fourth-order valence-electron chi connectivity index (χ4n) is 2.01. The number of aryl methyl sites for hydroxylation is 1. The highest BCUT2D eigenvalue weighted by Gasteiger charge is 2.14. The number of carbonyl (C=O) groups is 1. The Balaban J connectivity index is 2.00. The van der Waals surface area contributed by atoms with Crippen molar-refractivity contribution < 1.29 is 14.6 Å². The van der Waals surface area contributed by atoms with Gasteiger partial charge in [-0.15, -0.1) is 0 Å². The van der Waals surface area contributed by atoms with Crippen LogP contribution in [0.15, 0.2) is 42.7 Å². The van der Waals surface area contributed by atoms with E-state index in [1.807, 2.05) is 32.9 Å². The molecule has 0 saturated carbocycles. The molecule has 0 radical (unpaired) electrons. The van der Waals surface area contributed by atoms with Crippen LogP contribution < -0.4 is 10.1 Å². The highest BCUT2D eigenvalue weighted by molar-refractivity contribution is 5.91. The number of hydrogen-bond donors (Lipinski definition) is 2. The molecule has 5 heteroatoms. The van der Waals surface area contributed by atoms with Crippen LogP contribution >= 0.6 is 0 Å². The minimum Gasteiger partial charge on any atom is -0.457 e. The van der Waals surface area contributed by atoms with E-state index in [1.54, 1.807) is 30.6 Å². The van der Waals surface area contributed by atoms with Crippen molar-refractivity contribution in [2.24, 2.45) is 5.92 Å². The van der Waals surface area contributed by atoms with E-state index in [-0.39, 0.29) is 18.2 Å². The number of amides is 1. The molecule has 23 heavy (non-hydrogen) atoms. The number of aliphatic hydroxyl groups excluding tert-OH is 1. The standard InChI is InChI=1S/C18H22N2O3/c1-12(2)16(21)11-18(22)20-14-4-5-17(13(3)10-14)23-15-6-8-19-9-7-15/h4-10,12,16,21H,11H2,1-3H3,(H,20,22). The summed E-state index contributed by atoms with van der Waals surface area (Å²) in [6.07, 6.45) is 2.79. The van der Waals surface area contributed by atoms with E-state index in [2.05, 4.69) is 10.3 Å². The molecule has 2 aromatic rings. The first-order valence-corrected chi connectivity index (χ1v) is 7.62. The highest BCUT2D eigenvalue weighted by Crippen LogP contribution is 2.27. The van der Waals surface area contributed by atoms with Crippen molar-refractivity contribution in [3.8, 4) is 11.5 Å². The average Bonchev–Trinajstić information content (AvgIpc) is 2.51. The zero-order valence-corrected chi connectivity index (χ0v) is 13.6. The van der Waals surface area contributed by atoms with Gasteiger partial charge < -0.3 is 15.2 Å². The largest absolute Gasteiger partial charge is 0.457 e. The van der Waals surface area contributed by atoms with Crippen molar-refractivity contribution in [1.82, 2.24) is 4.98 Å². The number of anilines is 1. The van der Waals surface area contributed by atoms with Gasteiger partial charge in [0.15, 0.2) is 0 Å². The molecule has 0 bridgehead atoms. The topological polar surface area (TPSA) is 71.5 Å². The Hall–Kier alpha value is -2.40. The second-order valence-corrected chi connectivity index (χ2v) is 5.83. The molecule has 1 aromatic carbocycles. The van der Waals surface area contributed by atoms with Gasteiger partial charge in [0.05, 0.1) is 12.5 Å². The first-order chi connectivity index (χ1) is 11.0. The van der Waals surface area contributed by atoms with Crippen LogP contribution in [0, 0.1) is 12.8 Å². The third-order valence-electron chi connectivity index (χ3n) is 3.50. The molecule has 0 fully saturated rings. The summed E-state index contributed by atoms with van der Waals surface area (Å²) in [5, 5.41) is 12.5. The summed E-state index contributed by atoms with van der Waals surface area (Å²) in [6.45, 7) is 5.68. The number of nitrogens with one attached hydrogen (secondary N) is 1. The number of aliphatic hydroxyl groups is 1. The van der Waals surface area contributed by atoms with Crippen LogP contribution in [-0.4, -0.2) is 22.1 Å². The molecule has 1 atom stereocenters. The van der Waals surface area contributed by atoms with Crippen LogP contribution in [0.3, 0.4) is 0 Å². The number of pyridine rings is 1.